The van der Waals surface area contributed by atoms with Crippen LogP contribution in [0.5, 0.6) is 0 Å². The zero-order valence-corrected chi connectivity index (χ0v) is 11.1. The highest BCUT2D eigenvalue weighted by molar-refractivity contribution is 5.86. The smallest absolute Gasteiger partial charge is 0.329 e. The fourth-order valence-corrected chi connectivity index (χ4v) is 2.40. The number of carbonyl (C=O) groups is 2. The van der Waals surface area contributed by atoms with E-state index in [1.54, 1.807) is 0 Å². The summed E-state index contributed by atoms with van der Waals surface area (Å²) in [5, 5.41) is 18.0. The minimum absolute atomic E-state index is 0.309. The molecule has 110 valence electrons. The molecule has 0 saturated heterocycles. The number of aliphatic carboxylic acids is 1. The number of carboxylic acids is 1. The molecule has 1 aliphatic carbocycles. The van der Waals surface area contributed by atoms with Gasteiger partial charge in [0.15, 0.2) is 6.33 Å². The van der Waals surface area contributed by atoms with Crippen LogP contribution in [0.1, 0.15) is 38.0 Å². The van der Waals surface area contributed by atoms with E-state index < -0.39 is 17.5 Å². The fourth-order valence-electron chi connectivity index (χ4n) is 2.40. The summed E-state index contributed by atoms with van der Waals surface area (Å²) < 4.78 is 4.80. The Morgan fingerprint density at radius 3 is 2.70 bits per heavy atom. The minimum atomic E-state index is -1.13. The van der Waals surface area contributed by atoms with Gasteiger partial charge in [-0.2, -0.15) is 4.98 Å². The molecule has 8 nitrogen and oxygen atoms in total. The monoisotopic (exact) mass is 282 g/mol. The third-order valence-corrected chi connectivity index (χ3v) is 3.50. The number of urea groups is 1. The molecule has 0 unspecified atom stereocenters. The van der Waals surface area contributed by atoms with E-state index in [-0.39, 0.29) is 0 Å². The summed E-state index contributed by atoms with van der Waals surface area (Å²) in [5.74, 6) is -0.542. The number of carboxylic acid groups (broad SMARTS) is 1. The molecule has 0 atom stereocenters. The molecule has 1 aliphatic rings. The SMILES string of the molecule is O=C(NCCc1ncno1)NC1(C(=O)O)CCCCC1. The Morgan fingerprint density at radius 1 is 1.35 bits per heavy atom. The quantitative estimate of drug-likeness (QED) is 0.731. The molecule has 2 rings (SSSR count). The Morgan fingerprint density at radius 2 is 2.10 bits per heavy atom. The molecule has 0 aliphatic heterocycles. The largest absolute Gasteiger partial charge is 0.480 e. The molecular formula is C12H18N4O4. The van der Waals surface area contributed by atoms with E-state index in [0.29, 0.717) is 31.7 Å². The summed E-state index contributed by atoms with van der Waals surface area (Å²) in [7, 11) is 0. The van der Waals surface area contributed by atoms with E-state index >= 15 is 0 Å². The third kappa shape index (κ3) is 3.46. The van der Waals surface area contributed by atoms with Crippen molar-refractivity contribution in [1.82, 2.24) is 20.8 Å². The summed E-state index contributed by atoms with van der Waals surface area (Å²) in [6, 6.07) is -0.478. The zero-order chi connectivity index (χ0) is 14.4. The summed E-state index contributed by atoms with van der Waals surface area (Å²) >= 11 is 0. The van der Waals surface area contributed by atoms with Gasteiger partial charge in [-0.3, -0.25) is 0 Å². The predicted molar refractivity (Wildman–Crippen MR) is 68.0 cm³/mol. The van der Waals surface area contributed by atoms with Crippen LogP contribution < -0.4 is 10.6 Å². The highest BCUT2D eigenvalue weighted by Crippen LogP contribution is 2.28. The molecule has 20 heavy (non-hydrogen) atoms. The summed E-state index contributed by atoms with van der Waals surface area (Å²) in [6.45, 7) is 0.309. The van der Waals surface area contributed by atoms with Crippen LogP contribution in [0.4, 0.5) is 4.79 Å². The van der Waals surface area contributed by atoms with Crippen molar-refractivity contribution in [2.75, 3.05) is 6.54 Å². The van der Waals surface area contributed by atoms with Gasteiger partial charge in [-0.1, -0.05) is 24.4 Å². The molecule has 0 bridgehead atoms. The van der Waals surface area contributed by atoms with Gasteiger partial charge in [0.25, 0.3) is 0 Å². The van der Waals surface area contributed by atoms with Crippen molar-refractivity contribution in [3.8, 4) is 0 Å². The predicted octanol–water partition coefficient (Wildman–Crippen LogP) is 0.699. The lowest BCUT2D eigenvalue weighted by Gasteiger charge is -2.33. The van der Waals surface area contributed by atoms with E-state index in [0.717, 1.165) is 19.3 Å². The van der Waals surface area contributed by atoms with Crippen LogP contribution in [0, 0.1) is 0 Å². The van der Waals surface area contributed by atoms with Crippen molar-refractivity contribution < 1.29 is 19.2 Å². The van der Waals surface area contributed by atoms with Gasteiger partial charge >= 0.3 is 12.0 Å². The van der Waals surface area contributed by atoms with Crippen LogP contribution in [0.2, 0.25) is 0 Å². The molecule has 0 aromatic carbocycles. The van der Waals surface area contributed by atoms with E-state index in [1.807, 2.05) is 0 Å². The Labute approximate surface area is 115 Å². The van der Waals surface area contributed by atoms with Crippen molar-refractivity contribution in [2.45, 2.75) is 44.1 Å². The van der Waals surface area contributed by atoms with Crippen LogP contribution in [0.15, 0.2) is 10.9 Å². The molecule has 0 radical (unpaired) electrons. The van der Waals surface area contributed by atoms with Crippen molar-refractivity contribution in [3.05, 3.63) is 12.2 Å². The number of aromatic nitrogens is 2. The van der Waals surface area contributed by atoms with Gasteiger partial charge in [0.2, 0.25) is 5.89 Å². The average molecular weight is 282 g/mol. The number of nitrogens with one attached hydrogen (secondary N) is 2. The molecule has 1 fully saturated rings. The molecule has 8 heteroatoms. The van der Waals surface area contributed by atoms with Crippen LogP contribution >= 0.6 is 0 Å². The van der Waals surface area contributed by atoms with Crippen LogP contribution in [-0.2, 0) is 11.2 Å². The molecule has 3 N–H and O–H groups in total. The number of rotatable bonds is 5. The first kappa shape index (κ1) is 14.3. The minimum Gasteiger partial charge on any atom is -0.480 e. The molecule has 0 spiro atoms. The molecular weight excluding hydrogens is 264 g/mol. The van der Waals surface area contributed by atoms with Crippen molar-refractivity contribution in [2.24, 2.45) is 0 Å². The number of amides is 2. The summed E-state index contributed by atoms with van der Waals surface area (Å²) in [6.07, 6.45) is 5.28. The Bertz CT molecular complexity index is 454. The van der Waals surface area contributed by atoms with Gasteiger partial charge in [0.1, 0.15) is 5.54 Å². The first-order valence-electron chi connectivity index (χ1n) is 6.67. The Hall–Kier alpha value is -2.12. The second-order valence-corrected chi connectivity index (χ2v) is 4.91. The van der Waals surface area contributed by atoms with E-state index in [9.17, 15) is 14.7 Å². The lowest BCUT2D eigenvalue weighted by Crippen LogP contribution is -2.58. The van der Waals surface area contributed by atoms with Crippen molar-refractivity contribution >= 4 is 12.0 Å². The third-order valence-electron chi connectivity index (χ3n) is 3.50. The number of carbonyl (C=O) groups excluding carboxylic acids is 1. The van der Waals surface area contributed by atoms with Crippen molar-refractivity contribution in [1.29, 1.82) is 0 Å². The summed E-state index contributed by atoms with van der Waals surface area (Å²) in [5.41, 5.74) is -1.13. The number of hydrogen-bond donors (Lipinski definition) is 3. The maximum absolute atomic E-state index is 11.8. The molecule has 2 amide bonds. The molecule has 1 aromatic heterocycles. The molecule has 1 saturated carbocycles. The molecule has 1 aromatic rings. The fraction of sp³-hybridized carbons (Fsp3) is 0.667. The first-order chi connectivity index (χ1) is 9.62. The second-order valence-electron chi connectivity index (χ2n) is 4.91. The number of hydrogen-bond acceptors (Lipinski definition) is 5. The van der Waals surface area contributed by atoms with Crippen LogP contribution in [0.3, 0.4) is 0 Å². The lowest BCUT2D eigenvalue weighted by molar-refractivity contribution is -0.145. The van der Waals surface area contributed by atoms with Gasteiger partial charge < -0.3 is 20.3 Å². The van der Waals surface area contributed by atoms with Crippen LogP contribution in [-0.4, -0.2) is 39.3 Å². The normalized spacial score (nSPS) is 17.4. The maximum Gasteiger partial charge on any atom is 0.329 e. The number of nitrogens with zero attached hydrogens (tertiary/aromatic N) is 2. The van der Waals surface area contributed by atoms with E-state index in [4.69, 9.17) is 4.52 Å². The Balaban J connectivity index is 1.81. The van der Waals surface area contributed by atoms with Crippen LogP contribution in [0.25, 0.3) is 0 Å². The van der Waals surface area contributed by atoms with Gasteiger partial charge in [0.05, 0.1) is 0 Å². The van der Waals surface area contributed by atoms with Crippen molar-refractivity contribution in [3.63, 3.8) is 0 Å². The Kier molecular flexibility index (Phi) is 4.54. The first-order valence-corrected chi connectivity index (χ1v) is 6.67. The standard InChI is InChI=1S/C12H18N4O4/c17-10(18)12(5-2-1-3-6-12)16-11(19)13-7-4-9-14-8-15-20-9/h8H,1-7H2,(H,17,18)(H2,13,16,19). The average Bonchev–Trinajstić information content (AvgIpc) is 2.93. The highest BCUT2D eigenvalue weighted by Gasteiger charge is 2.40. The zero-order valence-electron chi connectivity index (χ0n) is 11.1. The lowest BCUT2D eigenvalue weighted by atomic mass is 9.82. The van der Waals surface area contributed by atoms with E-state index in [1.165, 1.54) is 6.33 Å². The topological polar surface area (TPSA) is 117 Å². The summed E-state index contributed by atoms with van der Waals surface area (Å²) in [4.78, 5) is 27.0. The highest BCUT2D eigenvalue weighted by atomic mass is 16.5. The van der Waals surface area contributed by atoms with E-state index in [2.05, 4.69) is 20.8 Å². The van der Waals surface area contributed by atoms with Gasteiger partial charge in [-0.15, -0.1) is 0 Å². The molecule has 1 heterocycles. The van der Waals surface area contributed by atoms with Gasteiger partial charge in [-0.25, -0.2) is 9.59 Å². The van der Waals surface area contributed by atoms with Gasteiger partial charge in [0, 0.05) is 13.0 Å². The maximum atomic E-state index is 11.8. The van der Waals surface area contributed by atoms with Gasteiger partial charge in [-0.05, 0) is 12.8 Å². The second kappa shape index (κ2) is 6.36.